The molecule has 2 rings (SSSR count). The smallest absolute Gasteiger partial charge is 0.247 e. The van der Waals surface area contributed by atoms with Crippen LogP contribution < -0.4 is 14.8 Å². The fourth-order valence-electron chi connectivity index (χ4n) is 2.82. The zero-order valence-corrected chi connectivity index (χ0v) is 18.2. The highest BCUT2D eigenvalue weighted by Gasteiger charge is 2.13. The van der Waals surface area contributed by atoms with E-state index in [1.165, 1.54) is 23.1 Å². The second-order valence-corrected chi connectivity index (χ2v) is 6.66. The highest BCUT2D eigenvalue weighted by molar-refractivity contribution is 5.94. The molecule has 6 nitrogen and oxygen atoms in total. The minimum absolute atomic E-state index is 0.0612. The van der Waals surface area contributed by atoms with Gasteiger partial charge < -0.3 is 19.7 Å². The van der Waals surface area contributed by atoms with Crippen LogP contribution in [0.1, 0.15) is 31.9 Å². The topological polar surface area (TPSA) is 67.9 Å². The van der Waals surface area contributed by atoms with E-state index >= 15 is 0 Å². The van der Waals surface area contributed by atoms with Gasteiger partial charge >= 0.3 is 0 Å². The second-order valence-electron chi connectivity index (χ2n) is 6.66. The fourth-order valence-corrected chi connectivity index (χ4v) is 2.82. The van der Waals surface area contributed by atoms with Crippen LogP contribution >= 0.6 is 0 Å². The van der Waals surface area contributed by atoms with Crippen molar-refractivity contribution in [2.45, 2.75) is 27.3 Å². The number of nitrogens with one attached hydrogen (secondary N) is 1. The van der Waals surface area contributed by atoms with Gasteiger partial charge in [0.25, 0.3) is 0 Å². The molecule has 0 aliphatic rings. The zero-order chi connectivity index (χ0) is 22.6. The molecule has 0 aliphatic heterocycles. The molecule has 1 N–H and O–H groups in total. The number of rotatable bonds is 11. The first kappa shape index (κ1) is 23.9. The van der Waals surface area contributed by atoms with Crippen LogP contribution in [0.5, 0.6) is 11.5 Å². The van der Waals surface area contributed by atoms with Crippen molar-refractivity contribution in [3.63, 3.8) is 0 Å². The van der Waals surface area contributed by atoms with E-state index in [0.29, 0.717) is 31.3 Å². The standard InChI is InChI=1S/C24H29FN2O4/c1-4-27(17-23(28)26-16-19-7-11-20(25)12-8-19)24(29)14-10-18-9-13-21(30-5-2)22(15-18)31-6-3/h7-15H,4-6,16-17H2,1-3H3,(H,26,28). The first-order chi connectivity index (χ1) is 15.0. The van der Waals surface area contributed by atoms with Gasteiger partial charge in [-0.3, -0.25) is 9.59 Å². The molecule has 7 heteroatoms. The minimum atomic E-state index is -0.328. The molecule has 0 unspecified atom stereocenters. The van der Waals surface area contributed by atoms with Gasteiger partial charge in [0, 0.05) is 19.2 Å². The van der Waals surface area contributed by atoms with E-state index in [0.717, 1.165) is 11.1 Å². The number of amides is 2. The van der Waals surface area contributed by atoms with Crippen LogP contribution in [0.4, 0.5) is 4.39 Å². The number of benzene rings is 2. The molecule has 0 heterocycles. The number of carbonyl (C=O) groups excluding carboxylic acids is 2. The summed E-state index contributed by atoms with van der Waals surface area (Å²) in [5.41, 5.74) is 1.57. The van der Waals surface area contributed by atoms with Crippen molar-refractivity contribution in [2.24, 2.45) is 0 Å². The van der Waals surface area contributed by atoms with E-state index in [-0.39, 0.29) is 30.7 Å². The SMILES string of the molecule is CCOc1ccc(C=CC(=O)N(CC)CC(=O)NCc2ccc(F)cc2)cc1OCC. The summed E-state index contributed by atoms with van der Waals surface area (Å²) in [4.78, 5) is 26.2. The first-order valence-corrected chi connectivity index (χ1v) is 10.3. The highest BCUT2D eigenvalue weighted by atomic mass is 19.1. The highest BCUT2D eigenvalue weighted by Crippen LogP contribution is 2.29. The van der Waals surface area contributed by atoms with Gasteiger partial charge in [-0.25, -0.2) is 4.39 Å². The van der Waals surface area contributed by atoms with Crippen LogP contribution in [0.3, 0.4) is 0 Å². The Bertz CT molecular complexity index is 897. The number of carbonyl (C=O) groups is 2. The quantitative estimate of drug-likeness (QED) is 0.553. The third-order valence-corrected chi connectivity index (χ3v) is 4.42. The summed E-state index contributed by atoms with van der Waals surface area (Å²) in [5.74, 6) is 0.386. The zero-order valence-electron chi connectivity index (χ0n) is 18.2. The van der Waals surface area contributed by atoms with E-state index < -0.39 is 0 Å². The largest absolute Gasteiger partial charge is 0.490 e. The van der Waals surface area contributed by atoms with Crippen LogP contribution in [-0.4, -0.2) is 43.0 Å². The molecule has 0 aromatic heterocycles. The van der Waals surface area contributed by atoms with Crippen molar-refractivity contribution < 1.29 is 23.5 Å². The van der Waals surface area contributed by atoms with Crippen molar-refractivity contribution in [2.75, 3.05) is 26.3 Å². The minimum Gasteiger partial charge on any atom is -0.490 e. The number of hydrogen-bond donors (Lipinski definition) is 1. The van der Waals surface area contributed by atoms with Gasteiger partial charge in [-0.15, -0.1) is 0 Å². The average molecular weight is 429 g/mol. The maximum atomic E-state index is 13.0. The van der Waals surface area contributed by atoms with E-state index in [1.54, 1.807) is 24.3 Å². The molecule has 0 saturated heterocycles. The molecular weight excluding hydrogens is 399 g/mol. The summed E-state index contributed by atoms with van der Waals surface area (Å²) >= 11 is 0. The Kier molecular flexibility index (Phi) is 9.55. The Labute approximate surface area is 182 Å². The molecule has 0 saturated carbocycles. The van der Waals surface area contributed by atoms with Crippen molar-refractivity contribution in [1.82, 2.24) is 10.2 Å². The normalized spacial score (nSPS) is 10.7. The number of ether oxygens (including phenoxy) is 2. The van der Waals surface area contributed by atoms with Crippen molar-refractivity contribution in [3.8, 4) is 11.5 Å². The Morgan fingerprint density at radius 3 is 2.32 bits per heavy atom. The molecule has 2 amide bonds. The summed E-state index contributed by atoms with van der Waals surface area (Å²) in [6, 6.07) is 11.3. The molecular formula is C24H29FN2O4. The van der Waals surface area contributed by atoms with Gasteiger partial charge in [-0.2, -0.15) is 0 Å². The lowest BCUT2D eigenvalue weighted by Gasteiger charge is -2.18. The van der Waals surface area contributed by atoms with Crippen LogP contribution in [-0.2, 0) is 16.1 Å². The van der Waals surface area contributed by atoms with Gasteiger partial charge in [-0.1, -0.05) is 18.2 Å². The molecule has 0 atom stereocenters. The maximum Gasteiger partial charge on any atom is 0.247 e. The Morgan fingerprint density at radius 1 is 1.00 bits per heavy atom. The molecule has 2 aromatic rings. The molecule has 31 heavy (non-hydrogen) atoms. The predicted octanol–water partition coefficient (Wildman–Crippen LogP) is 3.80. The van der Waals surface area contributed by atoms with Crippen LogP contribution in [0, 0.1) is 5.82 Å². The van der Waals surface area contributed by atoms with E-state index in [1.807, 2.05) is 32.9 Å². The predicted molar refractivity (Wildman–Crippen MR) is 118 cm³/mol. The van der Waals surface area contributed by atoms with Crippen molar-refractivity contribution in [3.05, 3.63) is 65.5 Å². The Balaban J connectivity index is 1.95. The third kappa shape index (κ3) is 7.77. The number of hydrogen-bond acceptors (Lipinski definition) is 4. The molecule has 0 aliphatic carbocycles. The number of nitrogens with zero attached hydrogens (tertiary/aromatic N) is 1. The van der Waals surface area contributed by atoms with Crippen LogP contribution in [0.15, 0.2) is 48.5 Å². The molecule has 0 fully saturated rings. The fraction of sp³-hybridized carbons (Fsp3) is 0.333. The summed E-state index contributed by atoms with van der Waals surface area (Å²) < 4.78 is 24.1. The average Bonchev–Trinajstić information content (AvgIpc) is 2.77. The van der Waals surface area contributed by atoms with Gasteiger partial charge in [0.1, 0.15) is 5.82 Å². The summed E-state index contributed by atoms with van der Waals surface area (Å²) in [6.45, 7) is 7.23. The van der Waals surface area contributed by atoms with Gasteiger partial charge in [-0.05, 0) is 62.2 Å². The Hall–Kier alpha value is -3.35. The lowest BCUT2D eigenvalue weighted by molar-refractivity contribution is -0.132. The van der Waals surface area contributed by atoms with E-state index in [9.17, 15) is 14.0 Å². The van der Waals surface area contributed by atoms with Gasteiger partial charge in [0.2, 0.25) is 11.8 Å². The lowest BCUT2D eigenvalue weighted by atomic mass is 10.2. The van der Waals surface area contributed by atoms with E-state index in [2.05, 4.69) is 5.32 Å². The molecule has 0 radical (unpaired) electrons. The molecule has 0 bridgehead atoms. The molecule has 0 spiro atoms. The van der Waals surface area contributed by atoms with E-state index in [4.69, 9.17) is 9.47 Å². The first-order valence-electron chi connectivity index (χ1n) is 10.3. The van der Waals surface area contributed by atoms with Gasteiger partial charge in [0.15, 0.2) is 11.5 Å². The number of likely N-dealkylation sites (N-methyl/N-ethyl adjacent to an activating group) is 1. The van der Waals surface area contributed by atoms with Gasteiger partial charge in [0.05, 0.1) is 19.8 Å². The molecule has 2 aromatic carbocycles. The third-order valence-electron chi connectivity index (χ3n) is 4.42. The summed E-state index contributed by atoms with van der Waals surface area (Å²) in [7, 11) is 0. The summed E-state index contributed by atoms with van der Waals surface area (Å²) in [5, 5.41) is 2.74. The number of halogens is 1. The Morgan fingerprint density at radius 2 is 1.68 bits per heavy atom. The molecule has 166 valence electrons. The van der Waals surface area contributed by atoms with Crippen molar-refractivity contribution >= 4 is 17.9 Å². The van der Waals surface area contributed by atoms with Crippen molar-refractivity contribution in [1.29, 1.82) is 0 Å². The van der Waals surface area contributed by atoms with Crippen LogP contribution in [0.2, 0.25) is 0 Å². The lowest BCUT2D eigenvalue weighted by Crippen LogP contribution is -2.39. The van der Waals surface area contributed by atoms with Crippen LogP contribution in [0.25, 0.3) is 6.08 Å². The second kappa shape index (κ2) is 12.4. The monoisotopic (exact) mass is 428 g/mol. The maximum absolute atomic E-state index is 13.0. The summed E-state index contributed by atoms with van der Waals surface area (Å²) in [6.07, 6.45) is 3.11.